The summed E-state index contributed by atoms with van der Waals surface area (Å²) >= 11 is 0. The second kappa shape index (κ2) is 37.1. The van der Waals surface area contributed by atoms with Gasteiger partial charge in [-0.3, -0.25) is 23.2 Å². The molecule has 1 aliphatic rings. The van der Waals surface area contributed by atoms with Crippen molar-refractivity contribution in [2.75, 3.05) is 25.6 Å². The van der Waals surface area contributed by atoms with Crippen molar-refractivity contribution in [1.29, 1.82) is 0 Å². The number of carbonyl (C=O) groups excluding carboxylic acids is 2. The summed E-state index contributed by atoms with van der Waals surface area (Å²) in [7, 11) is -10.8. The maximum absolute atomic E-state index is 12.8. The average Bonchev–Trinajstić information content (AvgIpc) is 3.57. The fourth-order valence-corrected chi connectivity index (χ4v) is 9.69. The van der Waals surface area contributed by atoms with Gasteiger partial charge in [-0.15, -0.1) is 0 Å². The van der Waals surface area contributed by atoms with Gasteiger partial charge in [0, 0.05) is 19.0 Å². The van der Waals surface area contributed by atoms with Crippen molar-refractivity contribution in [3.63, 3.8) is 0 Å². The molecule has 18 nitrogen and oxygen atoms in total. The lowest BCUT2D eigenvalue weighted by Crippen LogP contribution is -2.36. The molecule has 0 aromatic carbocycles. The minimum Gasteiger partial charge on any atom is -0.462 e. The SMILES string of the molecule is CCCCCC=CCC=CCCCCCCCC(=O)OC(COC(=O)CCCCCCCCCCCCCCCCC)COP(=O)(O)OP(=O)(O)OCC1OC(n2ccc(N)nc2=O)C(O)C1O. The van der Waals surface area contributed by atoms with Crippen LogP contribution in [0.15, 0.2) is 41.4 Å². The number of aliphatic hydroxyl groups is 2. The molecule has 0 saturated carbocycles. The minimum atomic E-state index is -5.42. The normalized spacial score (nSPS) is 19.6. The second-order valence-electron chi connectivity index (χ2n) is 17.7. The number of nitrogen functional groups attached to an aromatic ring is 1. The van der Waals surface area contributed by atoms with E-state index in [-0.39, 0.29) is 18.7 Å². The Morgan fingerprint density at radius 1 is 0.706 bits per heavy atom. The van der Waals surface area contributed by atoms with Gasteiger partial charge in [0.1, 0.15) is 30.7 Å². The predicted octanol–water partition coefficient (Wildman–Crippen LogP) is 10.2. The summed E-state index contributed by atoms with van der Waals surface area (Å²) in [6.07, 6.45) is 31.1. The summed E-state index contributed by atoms with van der Waals surface area (Å²) in [5, 5.41) is 20.9. The molecule has 1 aromatic rings. The first-order valence-electron chi connectivity index (χ1n) is 25.3. The Kier molecular flexibility index (Phi) is 33.5. The average molecular weight is 1010 g/mol. The third-order valence-electron chi connectivity index (χ3n) is 11.5. The lowest BCUT2D eigenvalue weighted by Gasteiger charge is -2.21. The lowest BCUT2D eigenvalue weighted by molar-refractivity contribution is -0.161. The summed E-state index contributed by atoms with van der Waals surface area (Å²) < 4.78 is 56.8. The Balaban J connectivity index is 1.81. The van der Waals surface area contributed by atoms with Crippen molar-refractivity contribution in [2.24, 2.45) is 0 Å². The van der Waals surface area contributed by atoms with Gasteiger partial charge in [0.25, 0.3) is 0 Å². The molecule has 20 heteroatoms. The number of rotatable bonds is 42. The van der Waals surface area contributed by atoms with Gasteiger partial charge < -0.3 is 39.9 Å². The van der Waals surface area contributed by atoms with Gasteiger partial charge in [-0.05, 0) is 51.0 Å². The van der Waals surface area contributed by atoms with Gasteiger partial charge in [0.15, 0.2) is 12.3 Å². The Morgan fingerprint density at radius 3 is 1.75 bits per heavy atom. The summed E-state index contributed by atoms with van der Waals surface area (Å²) in [6, 6.07) is 1.25. The van der Waals surface area contributed by atoms with E-state index < -0.39 is 83.7 Å². The number of phosphoric acid groups is 2. The van der Waals surface area contributed by atoms with Gasteiger partial charge in [-0.25, -0.2) is 13.9 Å². The topological polar surface area (TPSA) is 265 Å². The standard InChI is InChI=1S/C48H85N3O15P2/c1-3-5-7-9-11-13-15-17-19-21-23-25-27-29-31-33-43(52)61-37-40(64-44(53)34-32-30-28-26-24-22-20-18-16-14-12-10-8-6-4-2)38-62-67(57,58)66-68(59,60)63-39-41-45(54)46(55)47(65-41)51-36-35-42(49)50-48(51)56/h12,14,18,20,35-36,40-41,45-47,54-55H,3-11,13,15-17,19,21-34,37-39H2,1-2H3,(H,57,58)(H,59,60)(H2,49,50,56). The molecule has 0 radical (unpaired) electrons. The van der Waals surface area contributed by atoms with Crippen LogP contribution in [0.4, 0.5) is 5.82 Å². The number of esters is 2. The number of allylic oxidation sites excluding steroid dienone is 4. The van der Waals surface area contributed by atoms with Crippen LogP contribution in [0.1, 0.15) is 200 Å². The monoisotopic (exact) mass is 1010 g/mol. The smallest absolute Gasteiger partial charge is 0.462 e. The van der Waals surface area contributed by atoms with Crippen molar-refractivity contribution in [1.82, 2.24) is 9.55 Å². The lowest BCUT2D eigenvalue weighted by atomic mass is 10.0. The molecule has 392 valence electrons. The highest BCUT2D eigenvalue weighted by Crippen LogP contribution is 2.60. The number of hydrogen-bond acceptors (Lipinski definition) is 15. The first-order valence-corrected chi connectivity index (χ1v) is 28.3. The van der Waals surface area contributed by atoms with Crippen LogP contribution in [0.2, 0.25) is 0 Å². The summed E-state index contributed by atoms with van der Waals surface area (Å²) in [4.78, 5) is 61.9. The number of phosphoric ester groups is 2. The fourth-order valence-electron chi connectivity index (χ4n) is 7.58. The van der Waals surface area contributed by atoms with Crippen LogP contribution in [0.3, 0.4) is 0 Å². The molecule has 2 heterocycles. The number of nitrogens with two attached hydrogens (primary N) is 1. The molecule has 0 aliphatic carbocycles. The van der Waals surface area contributed by atoms with Crippen molar-refractivity contribution >= 4 is 33.4 Å². The van der Waals surface area contributed by atoms with Crippen LogP contribution in [0, 0.1) is 0 Å². The quantitative estimate of drug-likeness (QED) is 0.0176. The van der Waals surface area contributed by atoms with Gasteiger partial charge >= 0.3 is 33.3 Å². The zero-order valence-corrected chi connectivity index (χ0v) is 42.7. The molecule has 0 bridgehead atoms. The maximum atomic E-state index is 12.8. The molecule has 6 N–H and O–H groups in total. The Morgan fingerprint density at radius 2 is 1.19 bits per heavy atom. The minimum absolute atomic E-state index is 0.0369. The number of aliphatic hydroxyl groups excluding tert-OH is 2. The molecular formula is C48H85N3O15P2. The van der Waals surface area contributed by atoms with Crippen LogP contribution in [0.25, 0.3) is 0 Å². The fraction of sp³-hybridized carbons (Fsp3) is 0.792. The number of anilines is 1. The molecule has 7 atom stereocenters. The van der Waals surface area contributed by atoms with Crippen LogP contribution in [0.5, 0.6) is 0 Å². The molecule has 1 saturated heterocycles. The van der Waals surface area contributed by atoms with Crippen molar-refractivity contribution < 1.29 is 66.3 Å². The first kappa shape index (κ1) is 61.4. The Bertz CT molecular complexity index is 1730. The second-order valence-corrected chi connectivity index (χ2v) is 20.7. The number of aromatic nitrogens is 2. The van der Waals surface area contributed by atoms with Crippen LogP contribution < -0.4 is 11.4 Å². The van der Waals surface area contributed by atoms with E-state index in [0.717, 1.165) is 75.2 Å². The molecule has 1 aliphatic heterocycles. The Labute approximate surface area is 405 Å². The van der Waals surface area contributed by atoms with E-state index in [1.807, 2.05) is 0 Å². The molecular weight excluding hydrogens is 920 g/mol. The molecule has 1 aromatic heterocycles. The highest BCUT2D eigenvalue weighted by atomic mass is 31.3. The maximum Gasteiger partial charge on any atom is 0.481 e. The number of hydrogen-bond donors (Lipinski definition) is 5. The van der Waals surface area contributed by atoms with E-state index in [9.17, 15) is 43.5 Å². The first-order chi connectivity index (χ1) is 32.7. The van der Waals surface area contributed by atoms with E-state index in [2.05, 4.69) is 47.4 Å². The van der Waals surface area contributed by atoms with Crippen LogP contribution in [-0.2, 0) is 46.3 Å². The summed E-state index contributed by atoms with van der Waals surface area (Å²) in [5.41, 5.74) is 4.59. The zero-order chi connectivity index (χ0) is 49.9. The summed E-state index contributed by atoms with van der Waals surface area (Å²) in [5.74, 6) is -1.30. The van der Waals surface area contributed by atoms with E-state index in [4.69, 9.17) is 29.0 Å². The molecule has 0 spiro atoms. The highest BCUT2D eigenvalue weighted by Gasteiger charge is 2.46. The number of unbranched alkanes of at least 4 members (excludes halogenated alkanes) is 22. The van der Waals surface area contributed by atoms with Gasteiger partial charge in [-0.2, -0.15) is 9.29 Å². The van der Waals surface area contributed by atoms with Gasteiger partial charge in [-0.1, -0.05) is 160 Å². The predicted molar refractivity (Wildman–Crippen MR) is 261 cm³/mol. The van der Waals surface area contributed by atoms with E-state index in [0.29, 0.717) is 12.8 Å². The summed E-state index contributed by atoms with van der Waals surface area (Å²) in [6.45, 7) is 2.13. The van der Waals surface area contributed by atoms with Gasteiger partial charge in [0.2, 0.25) is 0 Å². The third-order valence-corrected chi connectivity index (χ3v) is 14.1. The van der Waals surface area contributed by atoms with E-state index >= 15 is 0 Å². The molecule has 0 amide bonds. The number of carbonyl (C=O) groups is 2. The zero-order valence-electron chi connectivity index (χ0n) is 40.9. The Hall–Kier alpha value is -2.76. The van der Waals surface area contributed by atoms with Crippen molar-refractivity contribution in [3.05, 3.63) is 47.1 Å². The highest BCUT2D eigenvalue weighted by molar-refractivity contribution is 7.61. The largest absolute Gasteiger partial charge is 0.481 e. The van der Waals surface area contributed by atoms with Crippen LogP contribution in [-0.4, -0.2) is 85.7 Å². The number of nitrogens with zero attached hydrogens (tertiary/aromatic N) is 2. The van der Waals surface area contributed by atoms with Gasteiger partial charge in [0.05, 0.1) is 13.2 Å². The third kappa shape index (κ3) is 29.4. The van der Waals surface area contributed by atoms with E-state index in [1.165, 1.54) is 95.7 Å². The molecule has 7 unspecified atom stereocenters. The number of ether oxygens (including phenoxy) is 3. The van der Waals surface area contributed by atoms with E-state index in [1.54, 1.807) is 0 Å². The molecule has 2 rings (SSSR count). The van der Waals surface area contributed by atoms with Crippen LogP contribution >= 0.6 is 15.6 Å². The van der Waals surface area contributed by atoms with Crippen molar-refractivity contribution in [3.8, 4) is 0 Å². The molecule has 1 fully saturated rings. The van der Waals surface area contributed by atoms with Crippen molar-refractivity contribution in [2.45, 2.75) is 224 Å². The molecule has 68 heavy (non-hydrogen) atoms.